The van der Waals surface area contributed by atoms with Gasteiger partial charge in [-0.3, -0.25) is 9.59 Å². The van der Waals surface area contributed by atoms with Crippen molar-refractivity contribution in [3.05, 3.63) is 45.6 Å². The predicted molar refractivity (Wildman–Crippen MR) is 126 cm³/mol. The molecule has 2 aromatic rings. The van der Waals surface area contributed by atoms with Gasteiger partial charge in [0.25, 0.3) is 5.56 Å². The number of hydrogen-bond acceptors (Lipinski definition) is 6. The Kier molecular flexibility index (Phi) is 7.91. The molecule has 9 nitrogen and oxygen atoms in total. The van der Waals surface area contributed by atoms with Crippen LogP contribution in [-0.4, -0.2) is 47.8 Å². The number of nitrogens with zero attached hydrogens (tertiary/aromatic N) is 2. The monoisotopic (exact) mass is 476 g/mol. The zero-order chi connectivity index (χ0) is 24.2. The molecule has 0 bridgehead atoms. The van der Waals surface area contributed by atoms with Crippen LogP contribution in [0.3, 0.4) is 0 Å². The summed E-state index contributed by atoms with van der Waals surface area (Å²) in [6, 6.07) is 4.54. The van der Waals surface area contributed by atoms with Crippen LogP contribution in [0.4, 0.5) is 5.69 Å². The average Bonchev–Trinajstić information content (AvgIpc) is 2.74. The summed E-state index contributed by atoms with van der Waals surface area (Å²) in [6.07, 6.45) is 2.79. The van der Waals surface area contributed by atoms with Crippen LogP contribution in [0, 0.1) is 13.8 Å². The fourth-order valence-corrected chi connectivity index (χ4v) is 5.42. The fourth-order valence-electron chi connectivity index (χ4n) is 3.87. The molecular formula is C23H32N4O5S. The van der Waals surface area contributed by atoms with E-state index in [1.54, 1.807) is 19.9 Å². The van der Waals surface area contributed by atoms with E-state index in [2.05, 4.69) is 15.3 Å². The minimum absolute atomic E-state index is 0.0406. The van der Waals surface area contributed by atoms with Crippen molar-refractivity contribution >= 4 is 21.6 Å². The highest BCUT2D eigenvalue weighted by Crippen LogP contribution is 2.31. The molecule has 0 atom stereocenters. The van der Waals surface area contributed by atoms with Crippen LogP contribution in [0.1, 0.15) is 56.6 Å². The van der Waals surface area contributed by atoms with Gasteiger partial charge < -0.3 is 15.0 Å². The molecule has 0 saturated carbocycles. The second kappa shape index (κ2) is 10.5. The first-order valence-electron chi connectivity index (χ1n) is 11.2. The molecular weight excluding hydrogens is 444 g/mol. The number of H-pyrrole nitrogens is 1. The molecule has 1 fully saturated rings. The normalized spacial score (nSPS) is 14.9. The minimum atomic E-state index is -3.66. The number of amides is 1. The molecule has 180 valence electrons. The van der Waals surface area contributed by atoms with Crippen molar-refractivity contribution < 1.29 is 17.9 Å². The summed E-state index contributed by atoms with van der Waals surface area (Å²) in [5.41, 5.74) is 1.07. The highest BCUT2D eigenvalue weighted by Gasteiger charge is 2.27. The van der Waals surface area contributed by atoms with Crippen LogP contribution in [0.5, 0.6) is 5.75 Å². The van der Waals surface area contributed by atoms with Crippen molar-refractivity contribution in [1.29, 1.82) is 0 Å². The lowest BCUT2D eigenvalue weighted by Crippen LogP contribution is -2.35. The Morgan fingerprint density at radius 2 is 1.91 bits per heavy atom. The standard InChI is InChI=1S/C23H32N4O5S/c1-15(2)32-21-10-8-18(33(30,31)27-12-6-5-7-13-27)14-20(21)26-22(28)11-9-19-16(3)24-17(4)25-23(19)29/h8,10,14-15H,5-7,9,11-13H2,1-4H3,(H,26,28)(H,24,25,29). The van der Waals surface area contributed by atoms with Gasteiger partial charge in [-0.05, 0) is 65.2 Å². The maximum atomic E-state index is 13.1. The maximum Gasteiger partial charge on any atom is 0.254 e. The van der Waals surface area contributed by atoms with Gasteiger partial charge in [0.1, 0.15) is 11.6 Å². The van der Waals surface area contributed by atoms with E-state index < -0.39 is 10.0 Å². The molecule has 0 spiro atoms. The molecule has 1 saturated heterocycles. The van der Waals surface area contributed by atoms with Gasteiger partial charge in [-0.2, -0.15) is 4.31 Å². The van der Waals surface area contributed by atoms with Crippen LogP contribution < -0.4 is 15.6 Å². The van der Waals surface area contributed by atoms with Crippen LogP contribution in [0.15, 0.2) is 27.9 Å². The zero-order valence-electron chi connectivity index (χ0n) is 19.6. The SMILES string of the molecule is Cc1nc(C)c(CCC(=O)Nc2cc(S(=O)(=O)N3CCCCC3)ccc2OC(C)C)c(=O)[nH]1. The number of hydrogen-bond donors (Lipinski definition) is 2. The number of aromatic amines is 1. The van der Waals surface area contributed by atoms with Gasteiger partial charge in [0.05, 0.1) is 16.7 Å². The summed E-state index contributed by atoms with van der Waals surface area (Å²) in [7, 11) is -3.66. The molecule has 1 aromatic heterocycles. The Hall–Kier alpha value is -2.72. The quantitative estimate of drug-likeness (QED) is 0.604. The molecule has 2 heterocycles. The van der Waals surface area contributed by atoms with Crippen LogP contribution >= 0.6 is 0 Å². The number of aromatic nitrogens is 2. The smallest absolute Gasteiger partial charge is 0.254 e. The number of carbonyl (C=O) groups excluding carboxylic acids is 1. The molecule has 1 aliphatic heterocycles. The lowest BCUT2D eigenvalue weighted by Gasteiger charge is -2.26. The number of nitrogens with one attached hydrogen (secondary N) is 2. The number of aryl methyl sites for hydroxylation is 2. The molecule has 33 heavy (non-hydrogen) atoms. The zero-order valence-corrected chi connectivity index (χ0v) is 20.4. The Morgan fingerprint density at radius 3 is 2.55 bits per heavy atom. The van der Waals surface area contributed by atoms with E-state index in [9.17, 15) is 18.0 Å². The first-order valence-corrected chi connectivity index (χ1v) is 12.7. The summed E-state index contributed by atoms with van der Waals surface area (Å²) in [4.78, 5) is 31.9. The molecule has 1 aromatic carbocycles. The molecule has 3 rings (SSSR count). The molecule has 1 amide bonds. The lowest BCUT2D eigenvalue weighted by atomic mass is 10.1. The molecule has 0 aliphatic carbocycles. The van der Waals surface area contributed by atoms with E-state index >= 15 is 0 Å². The topological polar surface area (TPSA) is 121 Å². The highest BCUT2D eigenvalue weighted by atomic mass is 32.2. The molecule has 0 unspecified atom stereocenters. The number of sulfonamides is 1. The van der Waals surface area contributed by atoms with E-state index in [1.165, 1.54) is 16.4 Å². The van der Waals surface area contributed by atoms with Crippen LogP contribution in [-0.2, 0) is 21.2 Å². The summed E-state index contributed by atoms with van der Waals surface area (Å²) in [5, 5.41) is 2.77. The summed E-state index contributed by atoms with van der Waals surface area (Å²) >= 11 is 0. The summed E-state index contributed by atoms with van der Waals surface area (Å²) in [6.45, 7) is 8.12. The van der Waals surface area contributed by atoms with Crippen molar-refractivity contribution in [1.82, 2.24) is 14.3 Å². The van der Waals surface area contributed by atoms with E-state index in [0.717, 1.165) is 19.3 Å². The number of benzene rings is 1. The number of carbonyl (C=O) groups is 1. The minimum Gasteiger partial charge on any atom is -0.489 e. The van der Waals surface area contributed by atoms with E-state index in [4.69, 9.17) is 4.74 Å². The fraction of sp³-hybridized carbons (Fsp3) is 0.522. The third-order valence-electron chi connectivity index (χ3n) is 5.48. The predicted octanol–water partition coefficient (Wildman–Crippen LogP) is 2.92. The van der Waals surface area contributed by atoms with E-state index in [-0.39, 0.29) is 35.3 Å². The van der Waals surface area contributed by atoms with Gasteiger partial charge in [-0.15, -0.1) is 0 Å². The Balaban J connectivity index is 1.81. The lowest BCUT2D eigenvalue weighted by molar-refractivity contribution is -0.116. The maximum absolute atomic E-state index is 13.1. The van der Waals surface area contributed by atoms with Crippen LogP contribution in [0.2, 0.25) is 0 Å². The van der Waals surface area contributed by atoms with Gasteiger partial charge in [-0.1, -0.05) is 6.42 Å². The molecule has 0 radical (unpaired) electrons. The van der Waals surface area contributed by atoms with Crippen molar-refractivity contribution in [2.24, 2.45) is 0 Å². The second-order valence-electron chi connectivity index (χ2n) is 8.55. The first kappa shape index (κ1) is 24.9. The van der Waals surface area contributed by atoms with Gasteiger partial charge in [0, 0.05) is 30.8 Å². The first-order chi connectivity index (χ1) is 15.6. The van der Waals surface area contributed by atoms with Crippen LogP contribution in [0.25, 0.3) is 0 Å². The van der Waals surface area contributed by atoms with Crippen molar-refractivity contribution in [3.8, 4) is 5.75 Å². The number of anilines is 1. The van der Waals surface area contributed by atoms with Gasteiger partial charge >= 0.3 is 0 Å². The van der Waals surface area contributed by atoms with E-state index in [1.807, 2.05) is 13.8 Å². The highest BCUT2D eigenvalue weighted by molar-refractivity contribution is 7.89. The largest absolute Gasteiger partial charge is 0.489 e. The third-order valence-corrected chi connectivity index (χ3v) is 7.38. The number of ether oxygens (including phenoxy) is 1. The average molecular weight is 477 g/mol. The van der Waals surface area contributed by atoms with Crippen molar-refractivity contribution in [2.75, 3.05) is 18.4 Å². The third kappa shape index (κ3) is 6.20. The van der Waals surface area contributed by atoms with Gasteiger partial charge in [0.15, 0.2) is 0 Å². The van der Waals surface area contributed by atoms with E-state index in [0.29, 0.717) is 41.6 Å². The van der Waals surface area contributed by atoms with Crippen molar-refractivity contribution in [3.63, 3.8) is 0 Å². The van der Waals surface area contributed by atoms with Crippen molar-refractivity contribution in [2.45, 2.75) is 70.8 Å². The second-order valence-corrected chi connectivity index (χ2v) is 10.5. The Bertz CT molecular complexity index is 1170. The summed E-state index contributed by atoms with van der Waals surface area (Å²) < 4.78 is 33.5. The number of piperidine rings is 1. The Morgan fingerprint density at radius 1 is 1.21 bits per heavy atom. The molecule has 10 heteroatoms. The molecule has 2 N–H and O–H groups in total. The Labute approximate surface area is 194 Å². The number of rotatable bonds is 8. The molecule has 1 aliphatic rings. The van der Waals surface area contributed by atoms with Gasteiger partial charge in [-0.25, -0.2) is 13.4 Å². The van der Waals surface area contributed by atoms with Gasteiger partial charge in [0.2, 0.25) is 15.9 Å². The summed E-state index contributed by atoms with van der Waals surface area (Å²) in [5.74, 6) is 0.561.